The highest BCUT2D eigenvalue weighted by Gasteiger charge is 2.54. The standard InChI is InChI=1S/C27H28Cl2N4O6S3.2C2HF3O2/c28-16-2-4-19(29)20(10-16)41-14-21(34)31-23-25(37)33-24(27(38)39)15(13-42-26(23)33)12-40-18-6-9-32(8-1-7-30)17(11-18)3-5-22(35)36;2*3-2(4,5)1(6)7/h2,4,6,9-11,23,26H,1,3,5,7-8,12-14,30H2,(H2-,31,34,35,36,38,39);2*(H,6,7)/t23-,26-;;/m1../s1. The smallest absolute Gasteiger partial charge is 0.490 e. The van der Waals surface area contributed by atoms with Crippen LogP contribution in [0.3, 0.4) is 0 Å². The zero-order valence-electron chi connectivity index (χ0n) is 28.2. The third kappa shape index (κ3) is 14.9. The van der Waals surface area contributed by atoms with Gasteiger partial charge in [0, 0.05) is 51.3 Å². The molecule has 1 aromatic carbocycles. The molecule has 3 heterocycles. The van der Waals surface area contributed by atoms with Gasteiger partial charge in [-0.15, -0.1) is 35.3 Å². The molecule has 25 heteroatoms. The molecule has 6 N–H and O–H groups in total. The van der Waals surface area contributed by atoms with Crippen LogP contribution < -0.4 is 20.7 Å². The van der Waals surface area contributed by atoms with Crippen molar-refractivity contribution in [1.29, 1.82) is 0 Å². The average Bonchev–Trinajstić information content (AvgIpc) is 3.11. The fourth-order valence-corrected chi connectivity index (χ4v) is 8.22. The van der Waals surface area contributed by atoms with Crippen molar-refractivity contribution >= 4 is 94.2 Å². The summed E-state index contributed by atoms with van der Waals surface area (Å²) in [5.74, 6) is -7.95. The van der Waals surface area contributed by atoms with Crippen molar-refractivity contribution in [3.05, 3.63) is 63.5 Å². The van der Waals surface area contributed by atoms with Crippen LogP contribution in [0.15, 0.2) is 57.6 Å². The van der Waals surface area contributed by atoms with Crippen LogP contribution in [-0.2, 0) is 41.7 Å². The molecule has 0 bridgehead atoms. The number of alkyl halides is 6. The topological polar surface area (TPSA) is 231 Å². The van der Waals surface area contributed by atoms with Gasteiger partial charge in [0.25, 0.3) is 5.91 Å². The van der Waals surface area contributed by atoms with E-state index in [4.69, 9.17) is 53.8 Å². The SMILES string of the molecule is NCCC[n+]1ccc(SCC2=C(C(=O)O)N3C(=O)[C@@H](NC(=O)CSc4cc(Cl)ccc4Cl)[C@H]3SC2)cc1CCC(=O)O.O=C(O)C(F)(F)F.O=C([O-])C(F)(F)F. The summed E-state index contributed by atoms with van der Waals surface area (Å²) < 4.78 is 65.3. The van der Waals surface area contributed by atoms with Crippen molar-refractivity contribution in [3.8, 4) is 0 Å². The first-order valence-corrected chi connectivity index (χ1v) is 19.2. The molecule has 2 aliphatic heterocycles. The van der Waals surface area contributed by atoms with Crippen LogP contribution in [0.25, 0.3) is 0 Å². The minimum Gasteiger partial charge on any atom is -0.542 e. The van der Waals surface area contributed by atoms with Gasteiger partial charge in [-0.3, -0.25) is 19.3 Å². The molecule has 14 nitrogen and oxygen atoms in total. The molecule has 308 valence electrons. The number of nitrogens with one attached hydrogen (secondary N) is 1. The van der Waals surface area contributed by atoms with E-state index in [-0.39, 0.29) is 23.8 Å². The summed E-state index contributed by atoms with van der Waals surface area (Å²) in [7, 11) is 0. The summed E-state index contributed by atoms with van der Waals surface area (Å²) in [5.41, 5.74) is 7.04. The summed E-state index contributed by atoms with van der Waals surface area (Å²) >= 11 is 16.2. The average molecular weight is 900 g/mol. The predicted octanol–water partition coefficient (Wildman–Crippen LogP) is 3.20. The molecule has 0 spiro atoms. The Kier molecular flexibility index (Phi) is 18.6. The van der Waals surface area contributed by atoms with Crippen LogP contribution in [0.1, 0.15) is 18.5 Å². The van der Waals surface area contributed by atoms with Gasteiger partial charge in [-0.1, -0.05) is 23.2 Å². The maximum Gasteiger partial charge on any atom is 0.490 e. The molecule has 0 saturated carbocycles. The number of aryl methyl sites for hydroxylation is 2. The second-order valence-corrected chi connectivity index (χ2v) is 15.1. The lowest BCUT2D eigenvalue weighted by Crippen LogP contribution is -2.70. The van der Waals surface area contributed by atoms with E-state index in [2.05, 4.69) is 5.32 Å². The van der Waals surface area contributed by atoms with Crippen LogP contribution in [0, 0.1) is 0 Å². The van der Waals surface area contributed by atoms with Crippen molar-refractivity contribution in [2.75, 3.05) is 23.8 Å². The number of β-lactam (4-membered cyclic amide) rings is 1. The Bertz CT molecular complexity index is 1810. The molecule has 2 aliphatic rings. The molecule has 56 heavy (non-hydrogen) atoms. The number of aliphatic carboxylic acids is 4. The number of hydrogen-bond donors (Lipinski definition) is 5. The fourth-order valence-electron chi connectivity index (χ4n) is 4.49. The molecule has 2 atom stereocenters. The zero-order valence-corrected chi connectivity index (χ0v) is 32.2. The zero-order chi connectivity index (χ0) is 42.5. The van der Waals surface area contributed by atoms with Gasteiger partial charge in [0.15, 0.2) is 11.9 Å². The van der Waals surface area contributed by atoms with Gasteiger partial charge >= 0.3 is 30.3 Å². The minimum absolute atomic E-state index is 0.00902. The lowest BCUT2D eigenvalue weighted by Gasteiger charge is -2.49. The number of carbonyl (C=O) groups excluding carboxylic acids is 3. The van der Waals surface area contributed by atoms with E-state index in [1.165, 1.54) is 40.2 Å². The van der Waals surface area contributed by atoms with E-state index in [0.717, 1.165) is 17.0 Å². The summed E-state index contributed by atoms with van der Waals surface area (Å²) in [6, 6.07) is 7.94. The highest BCUT2D eigenvalue weighted by Crippen LogP contribution is 2.42. The van der Waals surface area contributed by atoms with Crippen LogP contribution in [0.5, 0.6) is 0 Å². The number of nitrogens with zero attached hydrogens (tertiary/aromatic N) is 2. The lowest BCUT2D eigenvalue weighted by molar-refractivity contribution is -0.704. The lowest BCUT2D eigenvalue weighted by atomic mass is 10.0. The summed E-state index contributed by atoms with van der Waals surface area (Å²) in [6.45, 7) is 1.19. The Labute approximate surface area is 335 Å². The summed E-state index contributed by atoms with van der Waals surface area (Å²) in [5, 5.41) is 38.2. The molecule has 0 unspecified atom stereocenters. The van der Waals surface area contributed by atoms with Gasteiger partial charge in [0.05, 0.1) is 17.2 Å². The first-order valence-electron chi connectivity index (χ1n) is 15.4. The fraction of sp³-hybridized carbons (Fsp3) is 0.387. The number of benzene rings is 1. The number of halogens is 8. The first kappa shape index (κ1) is 48.2. The minimum atomic E-state index is -5.19. The van der Waals surface area contributed by atoms with E-state index >= 15 is 0 Å². The van der Waals surface area contributed by atoms with Crippen LogP contribution in [-0.4, -0.2) is 103 Å². The highest BCUT2D eigenvalue weighted by atomic mass is 35.5. The molecule has 0 radical (unpaired) electrons. The van der Waals surface area contributed by atoms with Crippen molar-refractivity contribution in [1.82, 2.24) is 10.2 Å². The molecule has 2 aromatic rings. The maximum absolute atomic E-state index is 13.0. The normalized spacial score (nSPS) is 16.3. The van der Waals surface area contributed by atoms with Gasteiger partial charge in [0.1, 0.15) is 29.6 Å². The molecule has 1 saturated heterocycles. The number of rotatable bonds is 14. The number of nitrogens with two attached hydrogens (primary N) is 1. The van der Waals surface area contributed by atoms with Crippen molar-refractivity contribution < 1.29 is 80.1 Å². The van der Waals surface area contributed by atoms with Crippen LogP contribution in [0.4, 0.5) is 26.3 Å². The maximum atomic E-state index is 13.0. The second-order valence-electron chi connectivity index (χ2n) is 11.0. The van der Waals surface area contributed by atoms with Gasteiger partial charge in [-0.2, -0.15) is 26.3 Å². The molecule has 0 aliphatic carbocycles. The van der Waals surface area contributed by atoms with Gasteiger partial charge in [-0.25, -0.2) is 14.2 Å². The quantitative estimate of drug-likeness (QED) is 0.0794. The number of hydrogen-bond acceptors (Lipinski definition) is 11. The third-order valence-electron chi connectivity index (χ3n) is 7.00. The van der Waals surface area contributed by atoms with Gasteiger partial charge < -0.3 is 36.3 Å². The van der Waals surface area contributed by atoms with Gasteiger partial charge in [0.2, 0.25) is 5.91 Å². The number of amides is 2. The van der Waals surface area contributed by atoms with E-state index in [0.29, 0.717) is 51.5 Å². The van der Waals surface area contributed by atoms with Crippen LogP contribution >= 0.6 is 58.5 Å². The largest absolute Gasteiger partial charge is 0.542 e. The van der Waals surface area contributed by atoms with E-state index < -0.39 is 53.6 Å². The first-order chi connectivity index (χ1) is 26.0. The third-order valence-corrected chi connectivity index (χ3v) is 11.2. The van der Waals surface area contributed by atoms with E-state index in [1.807, 2.05) is 22.9 Å². The number of fused-ring (bicyclic) bond motifs is 1. The number of thioether (sulfide) groups is 3. The number of carboxylic acids is 4. The molecular formula is C31H30Cl2F6N4O10S3. The number of pyridine rings is 1. The Hall–Kier alpha value is -3.90. The molecule has 4 rings (SSSR count). The number of carboxylic acid groups (broad SMARTS) is 4. The highest BCUT2D eigenvalue weighted by molar-refractivity contribution is 8.01. The Balaban J connectivity index is 0.000000657. The van der Waals surface area contributed by atoms with Crippen molar-refractivity contribution in [2.24, 2.45) is 5.73 Å². The summed E-state index contributed by atoms with van der Waals surface area (Å²) in [4.78, 5) is 69.5. The Morgan fingerprint density at radius 2 is 1.64 bits per heavy atom. The Morgan fingerprint density at radius 3 is 2.18 bits per heavy atom. The molecule has 1 aromatic heterocycles. The van der Waals surface area contributed by atoms with E-state index in [1.54, 1.807) is 18.2 Å². The number of aromatic nitrogens is 1. The second kappa shape index (κ2) is 21.6. The van der Waals surface area contributed by atoms with Crippen molar-refractivity contribution in [2.45, 2.75) is 59.4 Å². The molecular weight excluding hydrogens is 869 g/mol. The monoisotopic (exact) mass is 898 g/mol. The number of carbonyl (C=O) groups is 6. The van der Waals surface area contributed by atoms with E-state index in [9.17, 15) is 50.6 Å². The molecule has 1 fully saturated rings. The van der Waals surface area contributed by atoms with Crippen molar-refractivity contribution in [3.63, 3.8) is 0 Å². The Morgan fingerprint density at radius 1 is 1.02 bits per heavy atom. The summed E-state index contributed by atoms with van der Waals surface area (Å²) in [6.07, 6.45) is -7.29. The van der Waals surface area contributed by atoms with Gasteiger partial charge in [-0.05, 0) is 30.3 Å². The molecule has 2 amide bonds. The van der Waals surface area contributed by atoms with Crippen LogP contribution in [0.2, 0.25) is 10.0 Å². The predicted molar refractivity (Wildman–Crippen MR) is 189 cm³/mol.